The van der Waals surface area contributed by atoms with Gasteiger partial charge in [0.05, 0.1) is 18.2 Å². The molecular weight excluding hydrogens is 268 g/mol. The zero-order valence-electron chi connectivity index (χ0n) is 12.0. The Balaban J connectivity index is 2.38. The van der Waals surface area contributed by atoms with Gasteiger partial charge < -0.3 is 9.47 Å². The second kappa shape index (κ2) is 6.70. The van der Waals surface area contributed by atoms with E-state index in [9.17, 15) is 9.59 Å². The van der Waals surface area contributed by atoms with Crippen molar-refractivity contribution in [2.45, 2.75) is 13.3 Å². The molecule has 2 aromatic rings. The van der Waals surface area contributed by atoms with Gasteiger partial charge in [-0.1, -0.05) is 31.2 Å². The molecule has 0 atom stereocenters. The fourth-order valence-electron chi connectivity index (χ4n) is 1.92. The van der Waals surface area contributed by atoms with Crippen LogP contribution in [0, 0.1) is 0 Å². The second-order valence-corrected chi connectivity index (χ2v) is 4.37. The van der Waals surface area contributed by atoms with E-state index in [2.05, 4.69) is 0 Å². The van der Waals surface area contributed by atoms with Crippen LogP contribution in [0.25, 0.3) is 0 Å². The van der Waals surface area contributed by atoms with Gasteiger partial charge in [-0.25, -0.2) is 4.79 Å². The van der Waals surface area contributed by atoms with Gasteiger partial charge in [-0.3, -0.25) is 4.79 Å². The summed E-state index contributed by atoms with van der Waals surface area (Å²) < 4.78 is 10.6. The average molecular weight is 284 g/mol. The lowest BCUT2D eigenvalue weighted by Crippen LogP contribution is -2.12. The summed E-state index contributed by atoms with van der Waals surface area (Å²) in [5, 5.41) is 0. The van der Waals surface area contributed by atoms with E-state index in [0.29, 0.717) is 23.3 Å². The van der Waals surface area contributed by atoms with Crippen LogP contribution in [0.2, 0.25) is 0 Å². The van der Waals surface area contributed by atoms with Gasteiger partial charge >= 0.3 is 5.97 Å². The number of esters is 1. The number of para-hydroxylation sites is 1. The van der Waals surface area contributed by atoms with E-state index in [1.165, 1.54) is 7.11 Å². The van der Waals surface area contributed by atoms with Crippen LogP contribution in [0.5, 0.6) is 11.5 Å². The van der Waals surface area contributed by atoms with Crippen molar-refractivity contribution >= 4 is 11.8 Å². The Hall–Kier alpha value is -2.62. The van der Waals surface area contributed by atoms with Gasteiger partial charge in [-0.15, -0.1) is 0 Å². The molecule has 2 aromatic carbocycles. The number of hydrogen-bond donors (Lipinski definition) is 0. The highest BCUT2D eigenvalue weighted by Gasteiger charge is 2.19. The third-order valence-corrected chi connectivity index (χ3v) is 3.02. The number of rotatable bonds is 5. The van der Waals surface area contributed by atoms with Gasteiger partial charge in [-0.05, 0) is 24.3 Å². The van der Waals surface area contributed by atoms with Crippen LogP contribution in [0.4, 0.5) is 0 Å². The predicted molar refractivity (Wildman–Crippen MR) is 79.0 cm³/mol. The molecule has 4 heteroatoms. The molecular formula is C17H16O4. The first-order chi connectivity index (χ1) is 10.2. The first-order valence-corrected chi connectivity index (χ1v) is 6.64. The fraction of sp³-hybridized carbons (Fsp3) is 0.176. The number of Topliss-reactive ketones (excluding diaryl/α,β-unsaturated/α-hetero) is 1. The SMILES string of the molecule is CCC(=O)c1cccc(OC)c1OC(=O)c1ccccc1. The Morgan fingerprint density at radius 3 is 2.33 bits per heavy atom. The molecule has 0 bridgehead atoms. The smallest absolute Gasteiger partial charge is 0.343 e. The molecule has 0 N–H and O–H groups in total. The van der Waals surface area contributed by atoms with Crippen molar-refractivity contribution in [3.8, 4) is 11.5 Å². The van der Waals surface area contributed by atoms with Crippen LogP contribution in [0.3, 0.4) is 0 Å². The summed E-state index contributed by atoms with van der Waals surface area (Å²) in [7, 11) is 1.47. The Kier molecular flexibility index (Phi) is 4.72. The normalized spacial score (nSPS) is 10.0. The molecule has 0 aliphatic rings. The number of carbonyl (C=O) groups is 2. The maximum atomic E-state index is 12.2. The molecule has 0 heterocycles. The van der Waals surface area contributed by atoms with Gasteiger partial charge in [0.1, 0.15) is 0 Å². The zero-order chi connectivity index (χ0) is 15.2. The van der Waals surface area contributed by atoms with Crippen molar-refractivity contribution in [3.05, 3.63) is 59.7 Å². The van der Waals surface area contributed by atoms with Gasteiger partial charge in [0.2, 0.25) is 0 Å². The van der Waals surface area contributed by atoms with E-state index < -0.39 is 5.97 Å². The third-order valence-electron chi connectivity index (χ3n) is 3.02. The quantitative estimate of drug-likeness (QED) is 0.479. The van der Waals surface area contributed by atoms with Crippen LogP contribution in [-0.4, -0.2) is 18.9 Å². The summed E-state index contributed by atoms with van der Waals surface area (Å²) in [6, 6.07) is 13.6. The second-order valence-electron chi connectivity index (χ2n) is 4.37. The van der Waals surface area contributed by atoms with Crippen LogP contribution in [-0.2, 0) is 0 Å². The molecule has 0 radical (unpaired) electrons. The topological polar surface area (TPSA) is 52.6 Å². The predicted octanol–water partition coefficient (Wildman–Crippen LogP) is 3.51. The summed E-state index contributed by atoms with van der Waals surface area (Å²) in [6.07, 6.45) is 0.322. The highest BCUT2D eigenvalue weighted by molar-refractivity contribution is 6.01. The number of ketones is 1. The molecule has 21 heavy (non-hydrogen) atoms. The lowest BCUT2D eigenvalue weighted by molar-refractivity contribution is 0.0727. The first-order valence-electron chi connectivity index (χ1n) is 6.64. The standard InChI is InChI=1S/C17H16O4/c1-3-14(18)13-10-7-11-15(20-2)16(13)21-17(19)12-8-5-4-6-9-12/h4-11H,3H2,1-2H3. The Labute approximate surface area is 123 Å². The van der Waals surface area contributed by atoms with E-state index >= 15 is 0 Å². The number of hydrogen-bond acceptors (Lipinski definition) is 4. The summed E-state index contributed by atoms with van der Waals surface area (Å²) >= 11 is 0. The summed E-state index contributed by atoms with van der Waals surface area (Å²) in [5.41, 5.74) is 0.763. The van der Waals surface area contributed by atoms with E-state index in [1.807, 2.05) is 6.07 Å². The summed E-state index contributed by atoms with van der Waals surface area (Å²) in [5.74, 6) is -0.103. The molecule has 108 valence electrons. The molecule has 4 nitrogen and oxygen atoms in total. The third kappa shape index (κ3) is 3.28. The van der Waals surface area contributed by atoms with Crippen molar-refractivity contribution in [1.29, 1.82) is 0 Å². The van der Waals surface area contributed by atoms with Crippen LogP contribution in [0.1, 0.15) is 34.1 Å². The van der Waals surface area contributed by atoms with Crippen LogP contribution < -0.4 is 9.47 Å². The van der Waals surface area contributed by atoms with E-state index in [0.717, 1.165) is 0 Å². The number of benzene rings is 2. The molecule has 0 saturated carbocycles. The average Bonchev–Trinajstić information content (AvgIpc) is 2.55. The highest BCUT2D eigenvalue weighted by atomic mass is 16.6. The lowest BCUT2D eigenvalue weighted by atomic mass is 10.1. The molecule has 0 amide bonds. The molecule has 2 rings (SSSR count). The van der Waals surface area contributed by atoms with Gasteiger partial charge in [0.25, 0.3) is 0 Å². The Bertz CT molecular complexity index is 647. The van der Waals surface area contributed by atoms with Crippen molar-refractivity contribution in [1.82, 2.24) is 0 Å². The van der Waals surface area contributed by atoms with Crippen molar-refractivity contribution in [2.75, 3.05) is 7.11 Å². The summed E-state index contributed by atoms with van der Waals surface area (Å²) in [4.78, 5) is 24.1. The zero-order valence-corrected chi connectivity index (χ0v) is 12.0. The summed E-state index contributed by atoms with van der Waals surface area (Å²) in [6.45, 7) is 1.75. The maximum absolute atomic E-state index is 12.2. The molecule has 0 aromatic heterocycles. The van der Waals surface area contributed by atoms with Gasteiger partial charge in [-0.2, -0.15) is 0 Å². The fourth-order valence-corrected chi connectivity index (χ4v) is 1.92. The molecule has 0 fully saturated rings. The molecule has 0 saturated heterocycles. The molecule has 0 unspecified atom stereocenters. The van der Waals surface area contributed by atoms with Crippen molar-refractivity contribution < 1.29 is 19.1 Å². The maximum Gasteiger partial charge on any atom is 0.343 e. The van der Waals surface area contributed by atoms with E-state index in [1.54, 1.807) is 49.4 Å². The Morgan fingerprint density at radius 1 is 1.00 bits per heavy atom. The monoisotopic (exact) mass is 284 g/mol. The number of carbonyl (C=O) groups excluding carboxylic acids is 2. The minimum absolute atomic E-state index is 0.107. The van der Waals surface area contributed by atoms with E-state index in [-0.39, 0.29) is 11.5 Å². The van der Waals surface area contributed by atoms with Crippen LogP contribution >= 0.6 is 0 Å². The largest absolute Gasteiger partial charge is 0.493 e. The molecule has 0 aliphatic heterocycles. The lowest BCUT2D eigenvalue weighted by Gasteiger charge is -2.12. The minimum Gasteiger partial charge on any atom is -0.493 e. The number of methoxy groups -OCH3 is 1. The molecule has 0 spiro atoms. The number of ether oxygens (including phenoxy) is 2. The van der Waals surface area contributed by atoms with Gasteiger partial charge in [0.15, 0.2) is 17.3 Å². The Morgan fingerprint density at radius 2 is 1.71 bits per heavy atom. The van der Waals surface area contributed by atoms with Crippen LogP contribution in [0.15, 0.2) is 48.5 Å². The highest BCUT2D eigenvalue weighted by Crippen LogP contribution is 2.32. The molecule has 0 aliphatic carbocycles. The van der Waals surface area contributed by atoms with Crippen molar-refractivity contribution in [2.24, 2.45) is 0 Å². The minimum atomic E-state index is -0.523. The van der Waals surface area contributed by atoms with Crippen molar-refractivity contribution in [3.63, 3.8) is 0 Å². The van der Waals surface area contributed by atoms with E-state index in [4.69, 9.17) is 9.47 Å². The first kappa shape index (κ1) is 14.8. The van der Waals surface area contributed by atoms with Gasteiger partial charge in [0, 0.05) is 6.42 Å².